The van der Waals surface area contributed by atoms with E-state index < -0.39 is 0 Å². The first-order valence-corrected chi connectivity index (χ1v) is 9.87. The molecule has 2 aromatic heterocycles. The van der Waals surface area contributed by atoms with Gasteiger partial charge in [-0.15, -0.1) is 0 Å². The molecule has 1 amide bonds. The highest BCUT2D eigenvalue weighted by Crippen LogP contribution is 2.30. The Bertz CT molecular complexity index is 1040. The van der Waals surface area contributed by atoms with Crippen molar-refractivity contribution in [1.82, 2.24) is 19.5 Å². The molecule has 9 heteroatoms. The topological polar surface area (TPSA) is 83.9 Å². The fraction of sp³-hybridized carbons (Fsp3) is 0.350. The monoisotopic (exact) mass is 415 g/mol. The summed E-state index contributed by atoms with van der Waals surface area (Å²) in [6, 6.07) is 8.75. The van der Waals surface area contributed by atoms with E-state index in [-0.39, 0.29) is 5.91 Å². The zero-order valence-corrected chi connectivity index (χ0v) is 17.6. The molecule has 29 heavy (non-hydrogen) atoms. The quantitative estimate of drug-likeness (QED) is 0.522. The van der Waals surface area contributed by atoms with Crippen LogP contribution in [0.1, 0.15) is 24.2 Å². The Morgan fingerprint density at radius 1 is 1.24 bits per heavy atom. The van der Waals surface area contributed by atoms with E-state index in [4.69, 9.17) is 21.7 Å². The molecule has 0 fully saturated rings. The summed E-state index contributed by atoms with van der Waals surface area (Å²) in [6.07, 6.45) is 1.65. The molecule has 0 bridgehead atoms. The van der Waals surface area contributed by atoms with E-state index in [1.54, 1.807) is 48.0 Å². The highest BCUT2D eigenvalue weighted by molar-refractivity contribution is 7.71. The molecule has 3 rings (SSSR count). The van der Waals surface area contributed by atoms with Crippen molar-refractivity contribution in [2.24, 2.45) is 0 Å². The summed E-state index contributed by atoms with van der Waals surface area (Å²) in [4.78, 5) is 14.9. The van der Waals surface area contributed by atoms with Gasteiger partial charge in [0.25, 0.3) is 5.91 Å². The molecule has 2 N–H and O–H groups in total. The van der Waals surface area contributed by atoms with Gasteiger partial charge in [0, 0.05) is 24.5 Å². The van der Waals surface area contributed by atoms with Gasteiger partial charge in [-0.2, -0.15) is 5.10 Å². The van der Waals surface area contributed by atoms with Crippen LogP contribution in [0.4, 0.5) is 5.69 Å². The van der Waals surface area contributed by atoms with Gasteiger partial charge in [0.05, 0.1) is 12.7 Å². The summed E-state index contributed by atoms with van der Waals surface area (Å²) < 4.78 is 13.4. The first kappa shape index (κ1) is 20.8. The highest BCUT2D eigenvalue weighted by Gasteiger charge is 2.12. The number of hydrogen-bond acceptors (Lipinski definition) is 6. The van der Waals surface area contributed by atoms with Crippen LogP contribution in [-0.2, 0) is 0 Å². The fourth-order valence-corrected chi connectivity index (χ4v) is 3.13. The Hall–Kier alpha value is -2.91. The molecule has 2 heterocycles. The van der Waals surface area contributed by atoms with E-state index in [2.05, 4.69) is 34.3 Å². The first-order chi connectivity index (χ1) is 14.0. The number of hydrogen-bond donors (Lipinski definition) is 2. The van der Waals surface area contributed by atoms with Gasteiger partial charge >= 0.3 is 0 Å². The summed E-state index contributed by atoms with van der Waals surface area (Å²) in [5, 5.41) is 9.65. The van der Waals surface area contributed by atoms with E-state index in [1.165, 1.54) is 0 Å². The lowest BCUT2D eigenvalue weighted by atomic mass is 10.2. The Kier molecular flexibility index (Phi) is 6.84. The van der Waals surface area contributed by atoms with Crippen molar-refractivity contribution >= 4 is 29.5 Å². The minimum atomic E-state index is -0.255. The van der Waals surface area contributed by atoms with E-state index >= 15 is 0 Å². The number of methoxy groups -OCH3 is 1. The summed E-state index contributed by atoms with van der Waals surface area (Å²) in [5.74, 6) is 0.952. The molecule has 0 saturated heterocycles. The van der Waals surface area contributed by atoms with Crippen molar-refractivity contribution in [2.45, 2.75) is 13.8 Å². The van der Waals surface area contributed by atoms with Crippen LogP contribution in [0.2, 0.25) is 0 Å². The molecule has 1 aromatic carbocycles. The van der Waals surface area contributed by atoms with Gasteiger partial charge in [-0.05, 0) is 49.6 Å². The van der Waals surface area contributed by atoms with E-state index in [0.29, 0.717) is 39.8 Å². The molecule has 0 aliphatic carbocycles. The van der Waals surface area contributed by atoms with Crippen molar-refractivity contribution in [2.75, 3.05) is 38.7 Å². The van der Waals surface area contributed by atoms with E-state index in [0.717, 1.165) is 19.6 Å². The van der Waals surface area contributed by atoms with Gasteiger partial charge < -0.3 is 19.7 Å². The summed E-state index contributed by atoms with van der Waals surface area (Å²) >= 11 is 5.16. The lowest BCUT2D eigenvalue weighted by Crippen LogP contribution is -2.28. The maximum Gasteiger partial charge on any atom is 0.257 e. The van der Waals surface area contributed by atoms with Crippen LogP contribution in [0.25, 0.3) is 5.65 Å². The summed E-state index contributed by atoms with van der Waals surface area (Å²) in [6.45, 7) is 7.53. The average molecular weight is 416 g/mol. The normalized spacial score (nSPS) is 11.0. The lowest BCUT2D eigenvalue weighted by molar-refractivity contribution is 0.102. The van der Waals surface area contributed by atoms with Crippen molar-refractivity contribution in [1.29, 1.82) is 0 Å². The second kappa shape index (κ2) is 9.53. The van der Waals surface area contributed by atoms with Crippen molar-refractivity contribution in [3.05, 3.63) is 46.9 Å². The molecule has 0 aliphatic rings. The number of nitrogens with one attached hydrogen (secondary N) is 2. The molecular formula is C20H25N5O3S. The van der Waals surface area contributed by atoms with Gasteiger partial charge in [-0.3, -0.25) is 14.3 Å². The Morgan fingerprint density at radius 3 is 2.76 bits per heavy atom. The van der Waals surface area contributed by atoms with Crippen LogP contribution >= 0.6 is 12.2 Å². The van der Waals surface area contributed by atoms with Crippen LogP contribution in [0.15, 0.2) is 36.5 Å². The molecular weight excluding hydrogens is 390 g/mol. The number of carbonyl (C=O) groups excluding carboxylic acids is 1. The number of carbonyl (C=O) groups is 1. The number of rotatable bonds is 9. The predicted octanol–water partition coefficient (Wildman–Crippen LogP) is 3.37. The molecule has 0 aliphatic heterocycles. The number of nitrogens with zero attached hydrogens (tertiary/aromatic N) is 3. The average Bonchev–Trinajstić information content (AvgIpc) is 3.11. The Morgan fingerprint density at radius 2 is 2.03 bits per heavy atom. The standard InChI is InChI=1S/C20H25N5O3S/c1-4-24(5-2)10-11-28-17-12-15(7-8-16(17)27-3)21-19(26)14-6-9-18-22-23-20(29)25(18)13-14/h6-9,12-13H,4-5,10-11H2,1-3H3,(H,21,26)(H,23,29). The number of amides is 1. The fourth-order valence-electron chi connectivity index (χ4n) is 2.94. The van der Waals surface area contributed by atoms with Gasteiger partial charge in [-0.25, -0.2) is 0 Å². The van der Waals surface area contributed by atoms with Crippen LogP contribution in [0.5, 0.6) is 11.5 Å². The smallest absolute Gasteiger partial charge is 0.257 e. The number of anilines is 1. The summed E-state index contributed by atoms with van der Waals surface area (Å²) in [5.41, 5.74) is 1.74. The van der Waals surface area contributed by atoms with E-state index in [1.807, 2.05) is 0 Å². The minimum absolute atomic E-state index is 0.255. The number of fused-ring (bicyclic) bond motifs is 1. The Labute approximate surface area is 174 Å². The summed E-state index contributed by atoms with van der Waals surface area (Å²) in [7, 11) is 1.59. The predicted molar refractivity (Wildman–Crippen MR) is 115 cm³/mol. The van der Waals surface area contributed by atoms with Gasteiger partial charge in [0.2, 0.25) is 0 Å². The van der Waals surface area contributed by atoms with E-state index in [9.17, 15) is 4.79 Å². The molecule has 0 radical (unpaired) electrons. The van der Waals surface area contributed by atoms with Gasteiger partial charge in [0.15, 0.2) is 21.9 Å². The largest absolute Gasteiger partial charge is 0.493 e. The van der Waals surface area contributed by atoms with Crippen molar-refractivity contribution < 1.29 is 14.3 Å². The number of pyridine rings is 1. The van der Waals surface area contributed by atoms with Gasteiger partial charge in [0.1, 0.15) is 6.61 Å². The van der Waals surface area contributed by atoms with Crippen LogP contribution in [-0.4, -0.2) is 58.8 Å². The molecule has 8 nitrogen and oxygen atoms in total. The van der Waals surface area contributed by atoms with Crippen LogP contribution in [0, 0.1) is 4.77 Å². The second-order valence-electron chi connectivity index (χ2n) is 6.37. The maximum absolute atomic E-state index is 12.7. The molecule has 0 spiro atoms. The number of benzene rings is 1. The highest BCUT2D eigenvalue weighted by atomic mass is 32.1. The third-order valence-electron chi connectivity index (χ3n) is 4.66. The van der Waals surface area contributed by atoms with Crippen molar-refractivity contribution in [3.63, 3.8) is 0 Å². The third kappa shape index (κ3) is 4.93. The first-order valence-electron chi connectivity index (χ1n) is 9.47. The number of ether oxygens (including phenoxy) is 2. The third-order valence-corrected chi connectivity index (χ3v) is 4.94. The number of aromatic nitrogens is 3. The molecule has 0 saturated carbocycles. The minimum Gasteiger partial charge on any atom is -0.493 e. The van der Waals surface area contributed by atoms with Crippen LogP contribution in [0.3, 0.4) is 0 Å². The molecule has 154 valence electrons. The number of likely N-dealkylation sites (N-methyl/N-ethyl adjacent to an activating group) is 1. The molecule has 3 aromatic rings. The van der Waals surface area contributed by atoms with Gasteiger partial charge in [-0.1, -0.05) is 13.8 Å². The van der Waals surface area contributed by atoms with Crippen molar-refractivity contribution in [3.8, 4) is 11.5 Å². The lowest BCUT2D eigenvalue weighted by Gasteiger charge is -2.19. The second-order valence-corrected chi connectivity index (χ2v) is 6.76. The molecule has 0 unspecified atom stereocenters. The Balaban J connectivity index is 1.73. The maximum atomic E-state index is 12.7. The number of H-pyrrole nitrogens is 1. The molecule has 0 atom stereocenters. The SMILES string of the molecule is CCN(CC)CCOc1cc(NC(=O)c2ccc3n[nH]c(=S)n3c2)ccc1OC. The number of aromatic amines is 1. The zero-order valence-electron chi connectivity index (χ0n) is 16.8. The zero-order chi connectivity index (χ0) is 20.8. The van der Waals surface area contributed by atoms with Crippen LogP contribution < -0.4 is 14.8 Å².